The van der Waals surface area contributed by atoms with Gasteiger partial charge in [-0.15, -0.1) is 0 Å². The molecule has 0 aliphatic rings. The number of hydrogen-bond donors (Lipinski definition) is 3. The van der Waals surface area contributed by atoms with Crippen LogP contribution in [0.2, 0.25) is 0 Å². The Hall–Kier alpha value is -1.83. The summed E-state index contributed by atoms with van der Waals surface area (Å²) in [5.74, 6) is 2.02. The number of methoxy groups -OCH3 is 2. The first-order chi connectivity index (χ1) is 15.5. The van der Waals surface area contributed by atoms with Gasteiger partial charge in [0, 0.05) is 39.1 Å². The zero-order chi connectivity index (χ0) is 25.0. The van der Waals surface area contributed by atoms with E-state index >= 15 is 0 Å². The van der Waals surface area contributed by atoms with Crippen molar-refractivity contribution in [2.24, 2.45) is 23.0 Å². The largest absolute Gasteiger partial charge is 0.493 e. The van der Waals surface area contributed by atoms with Crippen molar-refractivity contribution in [3.63, 3.8) is 0 Å². The first kappa shape index (κ1) is 29.2. The minimum Gasteiger partial charge on any atom is -0.493 e. The Morgan fingerprint density at radius 2 is 1.85 bits per heavy atom. The van der Waals surface area contributed by atoms with Crippen LogP contribution in [0.15, 0.2) is 18.2 Å². The zero-order valence-corrected chi connectivity index (χ0v) is 21.6. The number of nitrogens with two attached hydrogens (primary N) is 1. The molecule has 0 radical (unpaired) electrons. The SMILES string of the molecule is COCCCOc1cc(C[C@@H](C[C@H](N)[C@@H](O)CNC(=O)CC(C)(C)C)C(C)C)ccc1OC. The molecule has 0 heterocycles. The van der Waals surface area contributed by atoms with Crippen LogP contribution >= 0.6 is 0 Å². The van der Waals surface area contributed by atoms with Crippen LogP contribution < -0.4 is 20.5 Å². The van der Waals surface area contributed by atoms with Gasteiger partial charge in [0.15, 0.2) is 11.5 Å². The third kappa shape index (κ3) is 11.7. The fraction of sp³-hybridized carbons (Fsp3) is 0.731. The van der Waals surface area contributed by atoms with Crippen LogP contribution in [0.3, 0.4) is 0 Å². The number of nitrogens with one attached hydrogen (secondary N) is 1. The maximum atomic E-state index is 12.1. The highest BCUT2D eigenvalue weighted by Gasteiger charge is 2.24. The number of carbonyl (C=O) groups is 1. The van der Waals surface area contributed by atoms with Crippen LogP contribution in [-0.4, -0.2) is 57.1 Å². The summed E-state index contributed by atoms with van der Waals surface area (Å²) in [7, 11) is 3.31. The lowest BCUT2D eigenvalue weighted by molar-refractivity contribution is -0.123. The molecule has 7 nitrogen and oxygen atoms in total. The van der Waals surface area contributed by atoms with Gasteiger partial charge in [0.25, 0.3) is 0 Å². The summed E-state index contributed by atoms with van der Waals surface area (Å²) >= 11 is 0. The van der Waals surface area contributed by atoms with Gasteiger partial charge in [-0.3, -0.25) is 4.79 Å². The third-order valence-electron chi connectivity index (χ3n) is 5.69. The maximum Gasteiger partial charge on any atom is 0.220 e. The van der Waals surface area contributed by atoms with E-state index in [1.807, 2.05) is 39.0 Å². The number of carbonyl (C=O) groups excluding carboxylic acids is 1. The molecule has 0 saturated carbocycles. The van der Waals surface area contributed by atoms with Crippen molar-refractivity contribution in [1.82, 2.24) is 5.32 Å². The topological polar surface area (TPSA) is 103 Å². The number of aliphatic hydroxyl groups excluding tert-OH is 1. The van der Waals surface area contributed by atoms with Crippen molar-refractivity contribution in [2.45, 2.75) is 72.4 Å². The number of hydrogen-bond acceptors (Lipinski definition) is 6. The minimum atomic E-state index is -0.786. The van der Waals surface area contributed by atoms with E-state index in [1.165, 1.54) is 0 Å². The molecule has 7 heteroatoms. The van der Waals surface area contributed by atoms with E-state index in [0.717, 1.165) is 24.2 Å². The average molecular weight is 467 g/mol. The minimum absolute atomic E-state index is 0.0644. The second-order valence-electron chi connectivity index (χ2n) is 10.4. The molecular weight excluding hydrogens is 420 g/mol. The Labute approximate surface area is 200 Å². The highest BCUT2D eigenvalue weighted by atomic mass is 16.5. The predicted octanol–water partition coefficient (Wildman–Crippen LogP) is 3.56. The predicted molar refractivity (Wildman–Crippen MR) is 133 cm³/mol. The van der Waals surface area contributed by atoms with Crippen molar-refractivity contribution in [3.8, 4) is 11.5 Å². The second-order valence-corrected chi connectivity index (χ2v) is 10.4. The molecule has 0 unspecified atom stereocenters. The number of aliphatic hydroxyl groups is 1. The van der Waals surface area contributed by atoms with Gasteiger partial charge in [-0.2, -0.15) is 0 Å². The average Bonchev–Trinajstić information content (AvgIpc) is 2.73. The quantitative estimate of drug-likeness (QED) is 0.342. The first-order valence-electron chi connectivity index (χ1n) is 12.0. The van der Waals surface area contributed by atoms with E-state index in [-0.39, 0.29) is 23.8 Å². The summed E-state index contributed by atoms with van der Waals surface area (Å²) < 4.78 is 16.4. The summed E-state index contributed by atoms with van der Waals surface area (Å²) in [6, 6.07) is 5.58. The van der Waals surface area contributed by atoms with Gasteiger partial charge < -0.3 is 30.4 Å². The molecule has 0 aliphatic carbocycles. The van der Waals surface area contributed by atoms with Crippen LogP contribution in [0.4, 0.5) is 0 Å². The Morgan fingerprint density at radius 1 is 1.15 bits per heavy atom. The summed E-state index contributed by atoms with van der Waals surface area (Å²) in [6.45, 7) is 11.7. The van der Waals surface area contributed by atoms with Gasteiger partial charge in [0.05, 0.1) is 19.8 Å². The Morgan fingerprint density at radius 3 is 2.42 bits per heavy atom. The van der Waals surface area contributed by atoms with Gasteiger partial charge >= 0.3 is 0 Å². The fourth-order valence-electron chi connectivity index (χ4n) is 3.66. The van der Waals surface area contributed by atoms with Gasteiger partial charge in [0.2, 0.25) is 5.91 Å². The van der Waals surface area contributed by atoms with Crippen LogP contribution in [0.25, 0.3) is 0 Å². The monoisotopic (exact) mass is 466 g/mol. The third-order valence-corrected chi connectivity index (χ3v) is 5.69. The highest BCUT2D eigenvalue weighted by molar-refractivity contribution is 5.76. The van der Waals surface area contributed by atoms with E-state index in [1.54, 1.807) is 14.2 Å². The zero-order valence-electron chi connectivity index (χ0n) is 21.6. The fourth-order valence-corrected chi connectivity index (χ4v) is 3.66. The summed E-state index contributed by atoms with van der Waals surface area (Å²) in [4.78, 5) is 12.1. The van der Waals surface area contributed by atoms with E-state index < -0.39 is 12.1 Å². The van der Waals surface area contributed by atoms with Crippen LogP contribution in [0.5, 0.6) is 11.5 Å². The van der Waals surface area contributed by atoms with Gasteiger partial charge in [-0.05, 0) is 47.8 Å². The summed E-state index contributed by atoms with van der Waals surface area (Å²) in [5, 5.41) is 13.3. The number of rotatable bonds is 15. The van der Waals surface area contributed by atoms with E-state index in [4.69, 9.17) is 19.9 Å². The number of ether oxygens (including phenoxy) is 3. The Balaban J connectivity index is 2.72. The smallest absolute Gasteiger partial charge is 0.220 e. The van der Waals surface area contributed by atoms with E-state index in [9.17, 15) is 9.90 Å². The molecule has 0 aromatic heterocycles. The number of benzene rings is 1. The molecule has 0 fully saturated rings. The lowest BCUT2D eigenvalue weighted by atomic mass is 9.83. The molecule has 3 atom stereocenters. The van der Waals surface area contributed by atoms with Crippen molar-refractivity contribution in [3.05, 3.63) is 23.8 Å². The lowest BCUT2D eigenvalue weighted by Gasteiger charge is -2.28. The first-order valence-corrected chi connectivity index (χ1v) is 12.0. The molecule has 1 aromatic rings. The van der Waals surface area contributed by atoms with E-state index in [0.29, 0.717) is 37.7 Å². The standard InChI is InChI=1S/C26H46N2O5/c1-18(2)20(15-21(27)22(29)17-28-25(30)16-26(3,4)5)13-19-9-10-23(32-7)24(14-19)33-12-8-11-31-6/h9-10,14,18,20-22,29H,8,11-13,15-17,27H2,1-7H3,(H,28,30)/t20-,21-,22-/m0/s1. The lowest BCUT2D eigenvalue weighted by Crippen LogP contribution is -2.45. The number of amides is 1. The maximum absolute atomic E-state index is 12.1. The molecule has 0 aliphatic heterocycles. The molecule has 0 bridgehead atoms. The van der Waals surface area contributed by atoms with Crippen molar-refractivity contribution in [2.75, 3.05) is 34.0 Å². The molecule has 190 valence electrons. The molecule has 0 spiro atoms. The molecule has 0 saturated heterocycles. The van der Waals surface area contributed by atoms with E-state index in [2.05, 4.69) is 19.2 Å². The normalized spacial score (nSPS) is 14.6. The molecule has 1 amide bonds. The van der Waals surface area contributed by atoms with Crippen molar-refractivity contribution in [1.29, 1.82) is 0 Å². The van der Waals surface area contributed by atoms with Crippen molar-refractivity contribution >= 4 is 5.91 Å². The van der Waals surface area contributed by atoms with Gasteiger partial charge in [-0.25, -0.2) is 0 Å². The molecule has 4 N–H and O–H groups in total. The van der Waals surface area contributed by atoms with Gasteiger partial charge in [-0.1, -0.05) is 40.7 Å². The van der Waals surface area contributed by atoms with Crippen LogP contribution in [-0.2, 0) is 16.0 Å². The summed E-state index contributed by atoms with van der Waals surface area (Å²) in [6.07, 6.45) is 1.90. The summed E-state index contributed by atoms with van der Waals surface area (Å²) in [5.41, 5.74) is 7.38. The second kappa shape index (κ2) is 14.4. The Bertz CT molecular complexity index is 702. The van der Waals surface area contributed by atoms with Crippen LogP contribution in [0, 0.1) is 17.3 Å². The highest BCUT2D eigenvalue weighted by Crippen LogP contribution is 2.31. The van der Waals surface area contributed by atoms with Crippen molar-refractivity contribution < 1.29 is 24.1 Å². The van der Waals surface area contributed by atoms with Gasteiger partial charge in [0.1, 0.15) is 0 Å². The molecular formula is C26H46N2O5. The molecule has 1 rings (SSSR count). The molecule has 1 aromatic carbocycles. The molecule has 33 heavy (non-hydrogen) atoms. The Kier molecular flexibility index (Phi) is 12.8. The van der Waals surface area contributed by atoms with Crippen LogP contribution in [0.1, 0.15) is 59.4 Å².